The number of carbonyl (C=O) groups is 1. The molecule has 6 heteroatoms. The second-order valence-electron chi connectivity index (χ2n) is 4.40. The Labute approximate surface area is 113 Å². The highest BCUT2D eigenvalue weighted by Crippen LogP contribution is 2.07. The lowest BCUT2D eigenvalue weighted by Crippen LogP contribution is -2.48. The SMILES string of the molecule is CCCNc1cc(C(=O)NN2CCOCC2)ccn1. The molecule has 0 saturated carbocycles. The molecule has 104 valence electrons. The van der Waals surface area contributed by atoms with Gasteiger partial charge in [0, 0.05) is 31.4 Å². The van der Waals surface area contributed by atoms with Gasteiger partial charge < -0.3 is 10.1 Å². The number of aromatic nitrogens is 1. The first-order valence-corrected chi connectivity index (χ1v) is 6.63. The average Bonchev–Trinajstić information content (AvgIpc) is 2.46. The number of morpholine rings is 1. The predicted octanol–water partition coefficient (Wildman–Crippen LogP) is 0.880. The van der Waals surface area contributed by atoms with Crippen molar-refractivity contribution in [3.63, 3.8) is 0 Å². The van der Waals surface area contributed by atoms with Crippen molar-refractivity contribution in [1.82, 2.24) is 15.4 Å². The zero-order valence-electron chi connectivity index (χ0n) is 11.2. The first-order chi connectivity index (χ1) is 9.29. The fourth-order valence-electron chi connectivity index (χ4n) is 1.80. The van der Waals surface area contributed by atoms with Crippen molar-refractivity contribution in [3.05, 3.63) is 23.9 Å². The van der Waals surface area contributed by atoms with Crippen LogP contribution in [-0.4, -0.2) is 48.7 Å². The van der Waals surface area contributed by atoms with E-state index >= 15 is 0 Å². The Hall–Kier alpha value is -1.66. The van der Waals surface area contributed by atoms with E-state index in [1.54, 1.807) is 18.3 Å². The molecule has 1 aromatic heterocycles. The minimum Gasteiger partial charge on any atom is -0.379 e. The van der Waals surface area contributed by atoms with Crippen LogP contribution in [0.3, 0.4) is 0 Å². The minimum absolute atomic E-state index is 0.108. The molecular formula is C13H20N4O2. The van der Waals surface area contributed by atoms with Gasteiger partial charge in [0.25, 0.3) is 5.91 Å². The molecule has 2 heterocycles. The molecule has 1 aliphatic heterocycles. The summed E-state index contributed by atoms with van der Waals surface area (Å²) in [6, 6.07) is 3.48. The predicted molar refractivity (Wildman–Crippen MR) is 72.9 cm³/mol. The van der Waals surface area contributed by atoms with E-state index in [1.807, 2.05) is 5.01 Å². The van der Waals surface area contributed by atoms with Gasteiger partial charge in [-0.15, -0.1) is 0 Å². The summed E-state index contributed by atoms with van der Waals surface area (Å²) in [6.45, 7) is 5.68. The van der Waals surface area contributed by atoms with E-state index in [2.05, 4.69) is 22.7 Å². The Morgan fingerprint density at radius 2 is 2.26 bits per heavy atom. The molecule has 0 unspecified atom stereocenters. The normalized spacial score (nSPS) is 16.1. The standard InChI is InChI=1S/C13H20N4O2/c1-2-4-14-12-10-11(3-5-15-12)13(18)16-17-6-8-19-9-7-17/h3,5,10H,2,4,6-9H2,1H3,(H,14,15)(H,16,18). The van der Waals surface area contributed by atoms with Crippen molar-refractivity contribution in [2.24, 2.45) is 0 Å². The molecule has 6 nitrogen and oxygen atoms in total. The van der Waals surface area contributed by atoms with Crippen molar-refractivity contribution in [2.45, 2.75) is 13.3 Å². The van der Waals surface area contributed by atoms with Crippen LogP contribution in [0.4, 0.5) is 5.82 Å². The lowest BCUT2D eigenvalue weighted by molar-refractivity contribution is 0.0126. The Morgan fingerprint density at radius 1 is 1.47 bits per heavy atom. The van der Waals surface area contributed by atoms with Gasteiger partial charge in [0.2, 0.25) is 0 Å². The fourth-order valence-corrected chi connectivity index (χ4v) is 1.80. The molecular weight excluding hydrogens is 244 g/mol. The molecule has 1 amide bonds. The number of pyridine rings is 1. The largest absolute Gasteiger partial charge is 0.379 e. The third-order valence-corrected chi connectivity index (χ3v) is 2.85. The van der Waals surface area contributed by atoms with Gasteiger partial charge in [-0.1, -0.05) is 6.92 Å². The number of hydrogen-bond acceptors (Lipinski definition) is 5. The molecule has 1 aliphatic rings. The average molecular weight is 264 g/mol. The summed E-state index contributed by atoms with van der Waals surface area (Å²) in [5.41, 5.74) is 3.49. The summed E-state index contributed by atoms with van der Waals surface area (Å²) in [6.07, 6.45) is 2.66. The fraction of sp³-hybridized carbons (Fsp3) is 0.538. The maximum atomic E-state index is 12.1. The van der Waals surface area contributed by atoms with Crippen LogP contribution in [0.25, 0.3) is 0 Å². The molecule has 0 bridgehead atoms. The summed E-state index contributed by atoms with van der Waals surface area (Å²) in [4.78, 5) is 16.3. The molecule has 0 spiro atoms. The van der Waals surface area contributed by atoms with Crippen molar-refractivity contribution < 1.29 is 9.53 Å². The molecule has 1 saturated heterocycles. The number of nitrogens with one attached hydrogen (secondary N) is 2. The zero-order chi connectivity index (χ0) is 13.5. The number of amides is 1. The van der Waals surface area contributed by atoms with Gasteiger partial charge in [0.15, 0.2) is 0 Å². The molecule has 2 rings (SSSR count). The number of ether oxygens (including phenoxy) is 1. The highest BCUT2D eigenvalue weighted by atomic mass is 16.5. The van der Waals surface area contributed by atoms with Gasteiger partial charge in [-0.3, -0.25) is 10.2 Å². The molecule has 0 radical (unpaired) electrons. The van der Waals surface area contributed by atoms with Gasteiger partial charge in [0.1, 0.15) is 5.82 Å². The van der Waals surface area contributed by atoms with E-state index in [-0.39, 0.29) is 5.91 Å². The van der Waals surface area contributed by atoms with Gasteiger partial charge in [-0.05, 0) is 18.6 Å². The third kappa shape index (κ3) is 4.18. The summed E-state index contributed by atoms with van der Waals surface area (Å²) >= 11 is 0. The first-order valence-electron chi connectivity index (χ1n) is 6.63. The van der Waals surface area contributed by atoms with E-state index in [1.165, 1.54) is 0 Å². The van der Waals surface area contributed by atoms with Gasteiger partial charge in [-0.2, -0.15) is 0 Å². The molecule has 1 fully saturated rings. The number of anilines is 1. The van der Waals surface area contributed by atoms with Crippen LogP contribution in [-0.2, 0) is 4.74 Å². The van der Waals surface area contributed by atoms with Crippen molar-refractivity contribution in [3.8, 4) is 0 Å². The van der Waals surface area contributed by atoms with Gasteiger partial charge >= 0.3 is 0 Å². The smallest absolute Gasteiger partial charge is 0.265 e. The van der Waals surface area contributed by atoms with E-state index < -0.39 is 0 Å². The molecule has 2 N–H and O–H groups in total. The van der Waals surface area contributed by atoms with Crippen LogP contribution >= 0.6 is 0 Å². The first kappa shape index (κ1) is 13.8. The summed E-state index contributed by atoms with van der Waals surface area (Å²) < 4.78 is 5.24. The molecule has 0 atom stereocenters. The minimum atomic E-state index is -0.108. The van der Waals surface area contributed by atoms with E-state index in [0.29, 0.717) is 18.8 Å². The summed E-state index contributed by atoms with van der Waals surface area (Å²) in [5, 5.41) is 5.05. The lowest BCUT2D eigenvalue weighted by Gasteiger charge is -2.26. The Kier molecular flexibility index (Phi) is 5.11. The molecule has 0 aliphatic carbocycles. The van der Waals surface area contributed by atoms with E-state index in [4.69, 9.17) is 4.74 Å². The highest BCUT2D eigenvalue weighted by Gasteiger charge is 2.14. The molecule has 19 heavy (non-hydrogen) atoms. The van der Waals surface area contributed by atoms with E-state index in [0.717, 1.165) is 31.9 Å². The highest BCUT2D eigenvalue weighted by molar-refractivity contribution is 5.94. The monoisotopic (exact) mass is 264 g/mol. The number of rotatable bonds is 5. The van der Waals surface area contributed by atoms with Gasteiger partial charge in [-0.25, -0.2) is 9.99 Å². The number of carbonyl (C=O) groups excluding carboxylic acids is 1. The van der Waals surface area contributed by atoms with Crippen LogP contribution < -0.4 is 10.7 Å². The van der Waals surface area contributed by atoms with Crippen LogP contribution in [0.15, 0.2) is 18.3 Å². The number of hydrazine groups is 1. The maximum absolute atomic E-state index is 12.1. The number of nitrogens with zero attached hydrogens (tertiary/aromatic N) is 2. The van der Waals surface area contributed by atoms with Crippen LogP contribution in [0.5, 0.6) is 0 Å². The molecule has 1 aromatic rings. The maximum Gasteiger partial charge on any atom is 0.265 e. The quantitative estimate of drug-likeness (QED) is 0.826. The van der Waals surface area contributed by atoms with E-state index in [9.17, 15) is 4.79 Å². The lowest BCUT2D eigenvalue weighted by atomic mass is 10.2. The second kappa shape index (κ2) is 7.06. The van der Waals surface area contributed by atoms with Crippen molar-refractivity contribution in [2.75, 3.05) is 38.2 Å². The third-order valence-electron chi connectivity index (χ3n) is 2.85. The van der Waals surface area contributed by atoms with Crippen LogP contribution in [0.1, 0.15) is 23.7 Å². The Balaban J connectivity index is 1.93. The topological polar surface area (TPSA) is 66.5 Å². The van der Waals surface area contributed by atoms with Crippen molar-refractivity contribution in [1.29, 1.82) is 0 Å². The Morgan fingerprint density at radius 3 is 3.00 bits per heavy atom. The molecule has 0 aromatic carbocycles. The van der Waals surface area contributed by atoms with Crippen molar-refractivity contribution >= 4 is 11.7 Å². The second-order valence-corrected chi connectivity index (χ2v) is 4.40. The number of hydrogen-bond donors (Lipinski definition) is 2. The summed E-state index contributed by atoms with van der Waals surface area (Å²) in [7, 11) is 0. The van der Waals surface area contributed by atoms with Crippen LogP contribution in [0, 0.1) is 0 Å². The zero-order valence-corrected chi connectivity index (χ0v) is 11.2. The Bertz CT molecular complexity index is 419. The van der Waals surface area contributed by atoms with Gasteiger partial charge in [0.05, 0.1) is 13.2 Å². The summed E-state index contributed by atoms with van der Waals surface area (Å²) in [5.74, 6) is 0.625. The van der Waals surface area contributed by atoms with Crippen LogP contribution in [0.2, 0.25) is 0 Å².